The first-order valence-corrected chi connectivity index (χ1v) is 10.9. The van der Waals surface area contributed by atoms with Crippen LogP contribution < -0.4 is 25.0 Å². The number of methoxy groups -OCH3 is 1. The van der Waals surface area contributed by atoms with Gasteiger partial charge in [-0.2, -0.15) is 4.98 Å². The summed E-state index contributed by atoms with van der Waals surface area (Å²) < 4.78 is 11.3. The molecule has 2 aromatic carbocycles. The SMILES string of the molecule is C=CCN(CCC)c1ccc(Nc2ncc(OC)c(Oc3cccc(NC(=O)C=C)c3)n2)cc1. The lowest BCUT2D eigenvalue weighted by atomic mass is 10.2. The Hall–Kier alpha value is -4.33. The molecule has 1 heterocycles. The van der Waals surface area contributed by atoms with E-state index in [9.17, 15) is 4.79 Å². The van der Waals surface area contributed by atoms with Crippen molar-refractivity contribution in [3.05, 3.63) is 80.0 Å². The van der Waals surface area contributed by atoms with Crippen LogP contribution in [0.4, 0.5) is 23.0 Å². The quantitative estimate of drug-likeness (QED) is 0.271. The molecule has 0 aliphatic rings. The van der Waals surface area contributed by atoms with Gasteiger partial charge in [-0.25, -0.2) is 4.98 Å². The van der Waals surface area contributed by atoms with Gasteiger partial charge < -0.3 is 25.0 Å². The Balaban J connectivity index is 1.76. The molecule has 0 spiro atoms. The summed E-state index contributed by atoms with van der Waals surface area (Å²) in [7, 11) is 1.52. The predicted molar refractivity (Wildman–Crippen MR) is 136 cm³/mol. The number of ether oxygens (including phenoxy) is 2. The number of aromatic nitrogens is 2. The Morgan fingerprint density at radius 1 is 1.15 bits per heavy atom. The number of anilines is 4. The van der Waals surface area contributed by atoms with Crippen molar-refractivity contribution < 1.29 is 14.3 Å². The van der Waals surface area contributed by atoms with Gasteiger partial charge in [-0.15, -0.1) is 6.58 Å². The molecule has 0 aliphatic heterocycles. The fourth-order valence-corrected chi connectivity index (χ4v) is 3.21. The van der Waals surface area contributed by atoms with Gasteiger partial charge in [-0.05, 0) is 48.9 Å². The summed E-state index contributed by atoms with van der Waals surface area (Å²) >= 11 is 0. The van der Waals surface area contributed by atoms with Crippen molar-refractivity contribution in [1.82, 2.24) is 9.97 Å². The minimum Gasteiger partial charge on any atom is -0.490 e. The van der Waals surface area contributed by atoms with Gasteiger partial charge in [0.2, 0.25) is 11.9 Å². The molecule has 0 fully saturated rings. The van der Waals surface area contributed by atoms with Crippen LogP contribution in [0, 0.1) is 0 Å². The van der Waals surface area contributed by atoms with Crippen LogP contribution in [0.15, 0.2) is 80.0 Å². The van der Waals surface area contributed by atoms with Crippen LogP contribution in [0.5, 0.6) is 17.4 Å². The molecular formula is C26H29N5O3. The average molecular weight is 460 g/mol. The number of benzene rings is 2. The van der Waals surface area contributed by atoms with Gasteiger partial charge in [0.1, 0.15) is 5.75 Å². The molecule has 3 aromatic rings. The maximum Gasteiger partial charge on any atom is 0.267 e. The zero-order valence-corrected chi connectivity index (χ0v) is 19.5. The number of nitrogens with one attached hydrogen (secondary N) is 2. The first kappa shape index (κ1) is 24.3. The number of nitrogens with zero attached hydrogens (tertiary/aromatic N) is 3. The number of hydrogen-bond donors (Lipinski definition) is 2. The highest BCUT2D eigenvalue weighted by Gasteiger charge is 2.12. The topological polar surface area (TPSA) is 88.6 Å². The van der Waals surface area contributed by atoms with E-state index >= 15 is 0 Å². The summed E-state index contributed by atoms with van der Waals surface area (Å²) in [5.74, 6) is 1.14. The fraction of sp³-hybridized carbons (Fsp3) is 0.192. The molecule has 0 saturated carbocycles. The lowest BCUT2D eigenvalue weighted by molar-refractivity contribution is -0.111. The van der Waals surface area contributed by atoms with E-state index in [0.717, 1.165) is 30.9 Å². The van der Waals surface area contributed by atoms with Crippen molar-refractivity contribution in [3.63, 3.8) is 0 Å². The normalized spacial score (nSPS) is 10.2. The van der Waals surface area contributed by atoms with E-state index in [2.05, 4.69) is 45.6 Å². The largest absolute Gasteiger partial charge is 0.490 e. The van der Waals surface area contributed by atoms with E-state index in [1.54, 1.807) is 24.3 Å². The van der Waals surface area contributed by atoms with Crippen LogP contribution in [0.1, 0.15) is 13.3 Å². The molecular weight excluding hydrogens is 430 g/mol. The standard InChI is InChI=1S/C26H29N5O3/c1-5-15-31(16-6-2)21-13-11-19(12-14-21)29-26-27-18-23(33-4)25(30-26)34-22-10-8-9-20(17-22)28-24(32)7-3/h5,7-14,17-18H,1,3,6,15-16H2,2,4H3,(H,28,32)(H,27,29,30). The first-order chi connectivity index (χ1) is 16.6. The molecule has 1 amide bonds. The minimum atomic E-state index is -0.309. The molecule has 0 unspecified atom stereocenters. The number of carbonyl (C=O) groups is 1. The second kappa shape index (κ2) is 12.1. The molecule has 2 N–H and O–H groups in total. The molecule has 176 valence electrons. The van der Waals surface area contributed by atoms with E-state index in [-0.39, 0.29) is 11.8 Å². The van der Waals surface area contributed by atoms with Crippen molar-refractivity contribution in [2.75, 3.05) is 35.7 Å². The predicted octanol–water partition coefficient (Wildman–Crippen LogP) is 5.55. The average Bonchev–Trinajstić information content (AvgIpc) is 2.85. The molecule has 0 saturated heterocycles. The molecule has 8 nitrogen and oxygen atoms in total. The van der Waals surface area contributed by atoms with Gasteiger partial charge in [0, 0.05) is 36.2 Å². The molecule has 3 rings (SSSR count). The van der Waals surface area contributed by atoms with Crippen molar-refractivity contribution >= 4 is 28.9 Å². The van der Waals surface area contributed by atoms with Gasteiger partial charge in [-0.3, -0.25) is 4.79 Å². The fourth-order valence-electron chi connectivity index (χ4n) is 3.21. The molecule has 0 radical (unpaired) electrons. The molecule has 0 aliphatic carbocycles. The Labute approximate surface area is 200 Å². The van der Waals surface area contributed by atoms with E-state index in [1.165, 1.54) is 19.4 Å². The number of rotatable bonds is 12. The van der Waals surface area contributed by atoms with Crippen LogP contribution in [-0.4, -0.2) is 36.1 Å². The molecule has 0 bridgehead atoms. The van der Waals surface area contributed by atoms with E-state index in [1.807, 2.05) is 30.3 Å². The third-order valence-corrected chi connectivity index (χ3v) is 4.78. The van der Waals surface area contributed by atoms with Crippen molar-refractivity contribution in [1.29, 1.82) is 0 Å². The lowest BCUT2D eigenvalue weighted by Gasteiger charge is -2.23. The summed E-state index contributed by atoms with van der Waals surface area (Å²) in [6.07, 6.45) is 5.69. The summed E-state index contributed by atoms with van der Waals surface area (Å²) in [4.78, 5) is 22.6. The monoisotopic (exact) mass is 459 g/mol. The zero-order chi connectivity index (χ0) is 24.3. The Morgan fingerprint density at radius 2 is 1.94 bits per heavy atom. The molecule has 34 heavy (non-hydrogen) atoms. The van der Waals surface area contributed by atoms with Gasteiger partial charge in [0.15, 0.2) is 5.75 Å². The summed E-state index contributed by atoms with van der Waals surface area (Å²) in [5.41, 5.74) is 2.53. The summed E-state index contributed by atoms with van der Waals surface area (Å²) in [6, 6.07) is 15.0. The third kappa shape index (κ3) is 6.59. The third-order valence-electron chi connectivity index (χ3n) is 4.78. The van der Waals surface area contributed by atoms with Crippen LogP contribution in [0.25, 0.3) is 0 Å². The van der Waals surface area contributed by atoms with Crippen molar-refractivity contribution in [2.24, 2.45) is 0 Å². The Kier molecular flexibility index (Phi) is 8.62. The van der Waals surface area contributed by atoms with Crippen LogP contribution in [0.2, 0.25) is 0 Å². The van der Waals surface area contributed by atoms with Crippen molar-refractivity contribution in [2.45, 2.75) is 13.3 Å². The Morgan fingerprint density at radius 3 is 2.62 bits per heavy atom. The van der Waals surface area contributed by atoms with Crippen LogP contribution in [0.3, 0.4) is 0 Å². The maximum atomic E-state index is 11.6. The van der Waals surface area contributed by atoms with Gasteiger partial charge in [0.05, 0.1) is 13.3 Å². The highest BCUT2D eigenvalue weighted by atomic mass is 16.5. The van der Waals surface area contributed by atoms with Gasteiger partial charge in [-0.1, -0.05) is 25.6 Å². The maximum absolute atomic E-state index is 11.6. The zero-order valence-electron chi connectivity index (χ0n) is 19.5. The summed E-state index contributed by atoms with van der Waals surface area (Å²) in [6.45, 7) is 11.2. The lowest BCUT2D eigenvalue weighted by Crippen LogP contribution is -2.23. The summed E-state index contributed by atoms with van der Waals surface area (Å²) in [5, 5.41) is 5.89. The van der Waals surface area contributed by atoms with Crippen molar-refractivity contribution in [3.8, 4) is 17.4 Å². The Bertz CT molecular complexity index is 1130. The second-order valence-electron chi connectivity index (χ2n) is 7.30. The molecule has 8 heteroatoms. The molecule has 1 aromatic heterocycles. The number of hydrogen-bond acceptors (Lipinski definition) is 7. The van der Waals surface area contributed by atoms with E-state index < -0.39 is 0 Å². The van der Waals surface area contributed by atoms with E-state index in [0.29, 0.717) is 23.1 Å². The number of amides is 1. The smallest absolute Gasteiger partial charge is 0.267 e. The van der Waals surface area contributed by atoms with Gasteiger partial charge in [0.25, 0.3) is 5.88 Å². The van der Waals surface area contributed by atoms with Gasteiger partial charge >= 0.3 is 0 Å². The second-order valence-corrected chi connectivity index (χ2v) is 7.30. The highest BCUT2D eigenvalue weighted by Crippen LogP contribution is 2.31. The van der Waals surface area contributed by atoms with Crippen LogP contribution in [-0.2, 0) is 4.79 Å². The van der Waals surface area contributed by atoms with E-state index in [4.69, 9.17) is 9.47 Å². The first-order valence-electron chi connectivity index (χ1n) is 10.9. The van der Waals surface area contributed by atoms with Crippen LogP contribution >= 0.6 is 0 Å². The highest BCUT2D eigenvalue weighted by molar-refractivity contribution is 5.98. The number of carbonyl (C=O) groups excluding carboxylic acids is 1. The molecule has 0 atom stereocenters. The minimum absolute atomic E-state index is 0.240.